The van der Waals surface area contributed by atoms with Gasteiger partial charge in [0.1, 0.15) is 0 Å². The fourth-order valence-electron chi connectivity index (χ4n) is 2.64. The van der Waals surface area contributed by atoms with Gasteiger partial charge in [-0.2, -0.15) is 0 Å². The molecule has 0 bridgehead atoms. The molecule has 0 radical (unpaired) electrons. The standard InChI is InChI=1S/C25H32N2O4/c1-5-15-31-22-13-9-19(16-23(22)30-6-2)10-14-24(28)26-17-20-7-11-21(12-8-20)27-25(29)18(3)4/h7-14,16,18H,5-6,15,17H2,1-4H3,(H,26,28)(H,27,29)/b14-10+. The smallest absolute Gasteiger partial charge is 0.244 e. The summed E-state index contributed by atoms with van der Waals surface area (Å²) in [6.07, 6.45) is 4.16. The zero-order valence-corrected chi connectivity index (χ0v) is 18.7. The van der Waals surface area contributed by atoms with Crippen molar-refractivity contribution in [1.82, 2.24) is 5.32 Å². The van der Waals surface area contributed by atoms with Gasteiger partial charge in [0.05, 0.1) is 13.2 Å². The lowest BCUT2D eigenvalue weighted by atomic mass is 10.1. The first-order chi connectivity index (χ1) is 14.9. The Morgan fingerprint density at radius 2 is 1.74 bits per heavy atom. The maximum absolute atomic E-state index is 12.2. The van der Waals surface area contributed by atoms with Gasteiger partial charge in [-0.05, 0) is 54.8 Å². The Hall–Kier alpha value is -3.28. The van der Waals surface area contributed by atoms with Crippen molar-refractivity contribution in [3.8, 4) is 11.5 Å². The highest BCUT2D eigenvalue weighted by molar-refractivity contribution is 5.92. The highest BCUT2D eigenvalue weighted by Crippen LogP contribution is 2.29. The SMILES string of the molecule is CCCOc1ccc(/C=C/C(=O)NCc2ccc(NC(=O)C(C)C)cc2)cc1OCC. The maximum atomic E-state index is 12.2. The van der Waals surface area contributed by atoms with Crippen molar-refractivity contribution in [2.24, 2.45) is 5.92 Å². The minimum Gasteiger partial charge on any atom is -0.490 e. The second-order valence-electron chi connectivity index (χ2n) is 7.38. The summed E-state index contributed by atoms with van der Waals surface area (Å²) in [5, 5.41) is 5.70. The van der Waals surface area contributed by atoms with E-state index in [9.17, 15) is 9.59 Å². The van der Waals surface area contributed by atoms with E-state index in [4.69, 9.17) is 9.47 Å². The monoisotopic (exact) mass is 424 g/mol. The fourth-order valence-corrected chi connectivity index (χ4v) is 2.64. The van der Waals surface area contributed by atoms with Gasteiger partial charge in [0, 0.05) is 24.2 Å². The molecule has 6 nitrogen and oxygen atoms in total. The van der Waals surface area contributed by atoms with Gasteiger partial charge in [-0.3, -0.25) is 9.59 Å². The summed E-state index contributed by atoms with van der Waals surface area (Å²) in [6.45, 7) is 9.23. The van der Waals surface area contributed by atoms with Crippen molar-refractivity contribution in [3.05, 3.63) is 59.7 Å². The minimum atomic E-state index is -0.193. The lowest BCUT2D eigenvalue weighted by Gasteiger charge is -2.12. The first-order valence-corrected chi connectivity index (χ1v) is 10.7. The lowest BCUT2D eigenvalue weighted by Crippen LogP contribution is -2.20. The third-order valence-corrected chi connectivity index (χ3v) is 4.37. The number of carbonyl (C=O) groups excluding carboxylic acids is 2. The number of anilines is 1. The van der Waals surface area contributed by atoms with Crippen LogP contribution in [0, 0.1) is 5.92 Å². The second kappa shape index (κ2) is 12.4. The molecule has 2 rings (SSSR count). The molecule has 0 aliphatic heterocycles. The number of hydrogen-bond acceptors (Lipinski definition) is 4. The van der Waals surface area contributed by atoms with Gasteiger partial charge in [-0.15, -0.1) is 0 Å². The van der Waals surface area contributed by atoms with Gasteiger partial charge in [0.25, 0.3) is 0 Å². The van der Waals surface area contributed by atoms with E-state index >= 15 is 0 Å². The van der Waals surface area contributed by atoms with Crippen molar-refractivity contribution in [1.29, 1.82) is 0 Å². The van der Waals surface area contributed by atoms with Gasteiger partial charge in [0.2, 0.25) is 11.8 Å². The zero-order valence-electron chi connectivity index (χ0n) is 18.7. The summed E-state index contributed by atoms with van der Waals surface area (Å²) in [4.78, 5) is 23.9. The number of ether oxygens (including phenoxy) is 2. The molecule has 0 aromatic heterocycles. The molecule has 0 heterocycles. The quantitative estimate of drug-likeness (QED) is 0.508. The average molecular weight is 425 g/mol. The lowest BCUT2D eigenvalue weighted by molar-refractivity contribution is -0.119. The molecular weight excluding hydrogens is 392 g/mol. The third-order valence-electron chi connectivity index (χ3n) is 4.37. The van der Waals surface area contributed by atoms with E-state index in [1.807, 2.05) is 63.2 Å². The molecule has 0 saturated heterocycles. The first-order valence-electron chi connectivity index (χ1n) is 10.7. The summed E-state index contributed by atoms with van der Waals surface area (Å²) >= 11 is 0. The Kier molecular flexibility index (Phi) is 9.62. The number of amides is 2. The van der Waals surface area contributed by atoms with Crippen LogP contribution in [0.1, 0.15) is 45.2 Å². The molecule has 0 saturated carbocycles. The topological polar surface area (TPSA) is 76.7 Å². The Balaban J connectivity index is 1.90. The molecule has 0 aliphatic carbocycles. The van der Waals surface area contributed by atoms with E-state index in [0.29, 0.717) is 31.3 Å². The Bertz CT molecular complexity index is 889. The Morgan fingerprint density at radius 3 is 2.39 bits per heavy atom. The average Bonchev–Trinajstić information content (AvgIpc) is 2.76. The number of carbonyl (C=O) groups is 2. The summed E-state index contributed by atoms with van der Waals surface area (Å²) in [6, 6.07) is 13.0. The van der Waals surface area contributed by atoms with Crippen molar-refractivity contribution in [2.75, 3.05) is 18.5 Å². The van der Waals surface area contributed by atoms with Crippen LogP contribution >= 0.6 is 0 Å². The van der Waals surface area contributed by atoms with Crippen LogP contribution in [0.2, 0.25) is 0 Å². The molecule has 0 spiro atoms. The Labute approximate surface area is 184 Å². The normalized spacial score (nSPS) is 10.9. The number of nitrogens with one attached hydrogen (secondary N) is 2. The van der Waals surface area contributed by atoms with Crippen LogP contribution in [0.15, 0.2) is 48.5 Å². The van der Waals surface area contributed by atoms with Gasteiger partial charge < -0.3 is 20.1 Å². The highest BCUT2D eigenvalue weighted by Gasteiger charge is 2.07. The molecule has 31 heavy (non-hydrogen) atoms. The Morgan fingerprint density at radius 1 is 1.00 bits per heavy atom. The van der Waals surface area contributed by atoms with Gasteiger partial charge in [-0.1, -0.05) is 39.0 Å². The van der Waals surface area contributed by atoms with Crippen LogP contribution in [0.4, 0.5) is 5.69 Å². The van der Waals surface area contributed by atoms with Crippen LogP contribution in [0.25, 0.3) is 6.08 Å². The molecule has 2 amide bonds. The highest BCUT2D eigenvalue weighted by atomic mass is 16.5. The van der Waals surface area contributed by atoms with E-state index in [-0.39, 0.29) is 17.7 Å². The van der Waals surface area contributed by atoms with E-state index in [1.165, 1.54) is 6.08 Å². The first kappa shape index (κ1) is 24.0. The van der Waals surface area contributed by atoms with E-state index < -0.39 is 0 Å². The predicted octanol–water partition coefficient (Wildman–Crippen LogP) is 4.80. The summed E-state index contributed by atoms with van der Waals surface area (Å²) < 4.78 is 11.3. The third kappa shape index (κ3) is 8.16. The van der Waals surface area contributed by atoms with Crippen LogP contribution < -0.4 is 20.1 Å². The largest absolute Gasteiger partial charge is 0.490 e. The molecular formula is C25H32N2O4. The summed E-state index contributed by atoms with van der Waals surface area (Å²) in [7, 11) is 0. The fraction of sp³-hybridized carbons (Fsp3) is 0.360. The number of benzene rings is 2. The van der Waals surface area contributed by atoms with Crippen molar-refractivity contribution in [3.63, 3.8) is 0 Å². The van der Waals surface area contributed by atoms with Crippen LogP contribution in [-0.4, -0.2) is 25.0 Å². The van der Waals surface area contributed by atoms with Crippen LogP contribution in [0.5, 0.6) is 11.5 Å². The van der Waals surface area contributed by atoms with Crippen LogP contribution in [-0.2, 0) is 16.1 Å². The molecule has 166 valence electrons. The molecule has 0 atom stereocenters. The molecule has 0 aliphatic rings. The van der Waals surface area contributed by atoms with E-state index in [2.05, 4.69) is 17.6 Å². The molecule has 2 aromatic carbocycles. The summed E-state index contributed by atoms with van der Waals surface area (Å²) in [5.74, 6) is 1.09. The molecule has 2 aromatic rings. The van der Waals surface area contributed by atoms with Crippen molar-refractivity contribution < 1.29 is 19.1 Å². The van der Waals surface area contributed by atoms with E-state index in [1.54, 1.807) is 6.08 Å². The van der Waals surface area contributed by atoms with Crippen molar-refractivity contribution >= 4 is 23.6 Å². The van der Waals surface area contributed by atoms with Gasteiger partial charge >= 0.3 is 0 Å². The van der Waals surface area contributed by atoms with Gasteiger partial charge in [0.15, 0.2) is 11.5 Å². The second-order valence-corrected chi connectivity index (χ2v) is 7.38. The van der Waals surface area contributed by atoms with Crippen LogP contribution in [0.3, 0.4) is 0 Å². The summed E-state index contributed by atoms with van der Waals surface area (Å²) in [5.41, 5.74) is 2.54. The molecule has 0 fully saturated rings. The molecule has 2 N–H and O–H groups in total. The van der Waals surface area contributed by atoms with E-state index in [0.717, 1.165) is 23.2 Å². The maximum Gasteiger partial charge on any atom is 0.244 e. The van der Waals surface area contributed by atoms with Gasteiger partial charge in [-0.25, -0.2) is 0 Å². The molecule has 0 unspecified atom stereocenters. The zero-order chi connectivity index (χ0) is 22.6. The van der Waals surface area contributed by atoms with Crippen molar-refractivity contribution in [2.45, 2.75) is 40.7 Å². The number of hydrogen-bond donors (Lipinski definition) is 2. The predicted molar refractivity (Wildman–Crippen MR) is 124 cm³/mol. The number of rotatable bonds is 11. The minimum absolute atomic E-state index is 0.0244. The molecule has 6 heteroatoms.